The average Bonchev–Trinajstić information content (AvgIpc) is 2.84. The predicted molar refractivity (Wildman–Crippen MR) is 90.3 cm³/mol. The number of non-ortho nitro benzene ring substituents is 1. The zero-order valence-corrected chi connectivity index (χ0v) is 13.6. The van der Waals surface area contributed by atoms with Gasteiger partial charge in [-0.2, -0.15) is 5.10 Å². The van der Waals surface area contributed by atoms with Crippen molar-refractivity contribution >= 4 is 17.4 Å². The van der Waals surface area contributed by atoms with E-state index in [1.165, 1.54) is 12.1 Å². The van der Waals surface area contributed by atoms with Gasteiger partial charge in [0.15, 0.2) is 0 Å². The number of aromatic nitrogens is 2. The Morgan fingerprint density at radius 1 is 1.04 bits per heavy atom. The molecule has 1 aromatic heterocycles. The number of hydrogen-bond donors (Lipinski definition) is 0. The summed E-state index contributed by atoms with van der Waals surface area (Å²) in [4.78, 5) is 12.4. The summed E-state index contributed by atoms with van der Waals surface area (Å²) in [5.74, 6) is 0. The molecular weight excluding hydrogens is 310 g/mol. The van der Waals surface area contributed by atoms with Crippen LogP contribution in [0.25, 0.3) is 5.69 Å². The lowest BCUT2D eigenvalue weighted by atomic mass is 10.3. The molecule has 0 saturated heterocycles. The Balaban J connectivity index is 1.92. The number of nitro groups is 1. The van der Waals surface area contributed by atoms with Crippen molar-refractivity contribution in [3.8, 4) is 5.69 Å². The van der Waals surface area contributed by atoms with Crippen LogP contribution in [0.2, 0.25) is 0 Å². The van der Waals surface area contributed by atoms with Crippen LogP contribution in [0, 0.1) is 24.0 Å². The van der Waals surface area contributed by atoms with E-state index in [1.54, 1.807) is 23.9 Å². The van der Waals surface area contributed by atoms with Crippen LogP contribution in [0.4, 0.5) is 5.69 Å². The molecule has 1 heterocycles. The lowest BCUT2D eigenvalue weighted by molar-refractivity contribution is -0.384. The summed E-state index contributed by atoms with van der Waals surface area (Å²) in [6.07, 6.45) is 0. The Hall–Kier alpha value is -2.60. The van der Waals surface area contributed by atoms with Gasteiger partial charge in [0, 0.05) is 17.0 Å². The van der Waals surface area contributed by atoms with Crippen LogP contribution in [0.3, 0.4) is 0 Å². The van der Waals surface area contributed by atoms with Crippen molar-refractivity contribution in [2.24, 2.45) is 0 Å². The van der Waals surface area contributed by atoms with E-state index in [9.17, 15) is 10.1 Å². The Morgan fingerprint density at radius 3 is 2.30 bits per heavy atom. The summed E-state index contributed by atoms with van der Waals surface area (Å²) in [6, 6.07) is 16.5. The van der Waals surface area contributed by atoms with Crippen LogP contribution in [0.15, 0.2) is 64.4 Å². The van der Waals surface area contributed by atoms with Crippen LogP contribution >= 0.6 is 11.8 Å². The number of benzene rings is 2. The van der Waals surface area contributed by atoms with E-state index >= 15 is 0 Å². The molecule has 6 heteroatoms. The molecule has 0 bridgehead atoms. The number of nitro benzene ring substituents is 1. The fraction of sp³-hybridized carbons (Fsp3) is 0.118. The predicted octanol–water partition coefficient (Wildman–Crippen LogP) is 4.55. The van der Waals surface area contributed by atoms with Crippen LogP contribution in [0.1, 0.15) is 11.4 Å². The summed E-state index contributed by atoms with van der Waals surface area (Å²) in [7, 11) is 0. The number of hydrogen-bond acceptors (Lipinski definition) is 4. The topological polar surface area (TPSA) is 61.0 Å². The van der Waals surface area contributed by atoms with Crippen molar-refractivity contribution in [3.05, 3.63) is 76.1 Å². The maximum Gasteiger partial charge on any atom is 0.269 e. The third kappa shape index (κ3) is 3.12. The van der Waals surface area contributed by atoms with E-state index in [1.807, 2.05) is 48.9 Å². The van der Waals surface area contributed by atoms with Gasteiger partial charge in [-0.1, -0.05) is 30.0 Å². The van der Waals surface area contributed by atoms with E-state index in [2.05, 4.69) is 5.10 Å². The second-order valence-corrected chi connectivity index (χ2v) is 6.18. The van der Waals surface area contributed by atoms with Gasteiger partial charge in [-0.05, 0) is 38.1 Å². The van der Waals surface area contributed by atoms with E-state index in [4.69, 9.17) is 0 Å². The quantitative estimate of drug-likeness (QED) is 0.521. The highest BCUT2D eigenvalue weighted by molar-refractivity contribution is 7.99. The smallest absolute Gasteiger partial charge is 0.258 e. The number of aryl methyl sites for hydroxylation is 1. The van der Waals surface area contributed by atoms with Crippen LogP contribution in [-0.2, 0) is 0 Å². The summed E-state index contributed by atoms with van der Waals surface area (Å²) >= 11 is 1.57. The highest BCUT2D eigenvalue weighted by Gasteiger charge is 2.14. The van der Waals surface area contributed by atoms with Gasteiger partial charge in [0.1, 0.15) is 0 Å². The minimum Gasteiger partial charge on any atom is -0.258 e. The Morgan fingerprint density at radius 2 is 1.70 bits per heavy atom. The molecule has 0 spiro atoms. The highest BCUT2D eigenvalue weighted by Crippen LogP contribution is 2.34. The van der Waals surface area contributed by atoms with Crippen molar-refractivity contribution in [1.82, 2.24) is 9.78 Å². The van der Waals surface area contributed by atoms with Gasteiger partial charge >= 0.3 is 0 Å². The highest BCUT2D eigenvalue weighted by atomic mass is 32.2. The Bertz CT molecular complexity index is 842. The van der Waals surface area contributed by atoms with Crippen LogP contribution < -0.4 is 0 Å². The molecule has 0 fully saturated rings. The molecule has 0 N–H and O–H groups in total. The third-order valence-electron chi connectivity index (χ3n) is 3.49. The summed E-state index contributed by atoms with van der Waals surface area (Å²) in [6.45, 7) is 4.00. The molecule has 0 unspecified atom stereocenters. The minimum atomic E-state index is -0.390. The molecule has 0 saturated carbocycles. The van der Waals surface area contributed by atoms with E-state index in [0.717, 1.165) is 26.9 Å². The van der Waals surface area contributed by atoms with Gasteiger partial charge in [-0.25, -0.2) is 4.68 Å². The van der Waals surface area contributed by atoms with Gasteiger partial charge < -0.3 is 0 Å². The van der Waals surface area contributed by atoms with Crippen molar-refractivity contribution in [2.75, 3.05) is 0 Å². The van der Waals surface area contributed by atoms with Crippen molar-refractivity contribution in [3.63, 3.8) is 0 Å². The van der Waals surface area contributed by atoms with Crippen LogP contribution in [-0.4, -0.2) is 14.7 Å². The van der Waals surface area contributed by atoms with E-state index < -0.39 is 4.92 Å². The molecule has 0 atom stereocenters. The molecule has 2 aromatic carbocycles. The lowest BCUT2D eigenvalue weighted by Crippen LogP contribution is -1.98. The maximum absolute atomic E-state index is 10.7. The second-order valence-electron chi connectivity index (χ2n) is 5.10. The first-order chi connectivity index (χ1) is 11.1. The molecule has 0 amide bonds. The van der Waals surface area contributed by atoms with Crippen LogP contribution in [0.5, 0.6) is 0 Å². The molecule has 3 rings (SSSR count). The minimum absolute atomic E-state index is 0.0998. The van der Waals surface area contributed by atoms with Gasteiger partial charge in [0.25, 0.3) is 5.69 Å². The van der Waals surface area contributed by atoms with Gasteiger partial charge in [0.05, 0.1) is 26.9 Å². The van der Waals surface area contributed by atoms with E-state index in [-0.39, 0.29) is 5.69 Å². The molecule has 0 aliphatic heterocycles. The van der Waals surface area contributed by atoms with Crippen molar-refractivity contribution < 1.29 is 4.92 Å². The number of rotatable bonds is 4. The maximum atomic E-state index is 10.7. The fourth-order valence-electron chi connectivity index (χ4n) is 2.35. The first-order valence-corrected chi connectivity index (χ1v) is 7.92. The lowest BCUT2D eigenvalue weighted by Gasteiger charge is -2.05. The van der Waals surface area contributed by atoms with E-state index in [0.29, 0.717) is 0 Å². The first-order valence-electron chi connectivity index (χ1n) is 7.10. The summed E-state index contributed by atoms with van der Waals surface area (Å²) < 4.78 is 1.92. The van der Waals surface area contributed by atoms with Crippen molar-refractivity contribution in [1.29, 1.82) is 0 Å². The normalized spacial score (nSPS) is 10.7. The Labute approximate surface area is 138 Å². The molecule has 116 valence electrons. The Kier molecular flexibility index (Phi) is 4.16. The standard InChI is InChI=1S/C17H15N3O2S/c1-12-17(23-16-10-8-15(9-11-16)20(21)22)13(2)19(18-12)14-6-4-3-5-7-14/h3-11H,1-2H3. The zero-order chi connectivity index (χ0) is 16.4. The largest absolute Gasteiger partial charge is 0.269 e. The molecule has 0 aliphatic carbocycles. The molecular formula is C17H15N3O2S. The second kappa shape index (κ2) is 6.26. The van der Waals surface area contributed by atoms with Gasteiger partial charge in [-0.3, -0.25) is 10.1 Å². The molecule has 0 radical (unpaired) electrons. The van der Waals surface area contributed by atoms with Crippen molar-refractivity contribution in [2.45, 2.75) is 23.6 Å². The zero-order valence-electron chi connectivity index (χ0n) is 12.8. The summed E-state index contributed by atoms with van der Waals surface area (Å²) in [5, 5.41) is 15.3. The monoisotopic (exact) mass is 325 g/mol. The fourth-order valence-corrected chi connectivity index (χ4v) is 3.28. The number of nitrogens with zero attached hydrogens (tertiary/aromatic N) is 3. The van der Waals surface area contributed by atoms with Gasteiger partial charge in [-0.15, -0.1) is 0 Å². The average molecular weight is 325 g/mol. The molecule has 23 heavy (non-hydrogen) atoms. The molecule has 0 aliphatic rings. The third-order valence-corrected chi connectivity index (χ3v) is 4.80. The molecule has 3 aromatic rings. The first kappa shape index (κ1) is 15.3. The summed E-state index contributed by atoms with van der Waals surface area (Å²) in [5.41, 5.74) is 3.11. The SMILES string of the molecule is Cc1nn(-c2ccccc2)c(C)c1Sc1ccc([N+](=O)[O-])cc1. The molecule has 5 nitrogen and oxygen atoms in total. The number of para-hydroxylation sites is 1. The van der Waals surface area contributed by atoms with Gasteiger partial charge in [0.2, 0.25) is 0 Å².